The van der Waals surface area contributed by atoms with Crippen molar-refractivity contribution < 1.29 is 14.0 Å². The maximum Gasteiger partial charge on any atom is 0.316 e. The fourth-order valence-corrected chi connectivity index (χ4v) is 2.00. The van der Waals surface area contributed by atoms with E-state index in [1.54, 1.807) is 34.0 Å². The summed E-state index contributed by atoms with van der Waals surface area (Å²) in [7, 11) is 3.25. The maximum absolute atomic E-state index is 14.0. The van der Waals surface area contributed by atoms with Gasteiger partial charge in [0.15, 0.2) is 0 Å². The predicted octanol–water partition coefficient (Wildman–Crippen LogP) is 2.14. The molecule has 1 aromatic carbocycles. The number of nitrogens with one attached hydrogen (secondary N) is 2. The van der Waals surface area contributed by atoms with Crippen LogP contribution in [0, 0.1) is 5.82 Å². The van der Waals surface area contributed by atoms with E-state index >= 15 is 0 Å². The lowest BCUT2D eigenvalue weighted by molar-refractivity contribution is -0.125. The van der Waals surface area contributed by atoms with Crippen LogP contribution in [0.3, 0.4) is 0 Å². The average molecular weight is 330 g/mol. The Hall–Kier alpha value is -1.82. The van der Waals surface area contributed by atoms with Crippen LogP contribution < -0.4 is 10.6 Å². The minimum Gasteiger partial charge on any atom is -0.354 e. The van der Waals surface area contributed by atoms with Crippen LogP contribution in [-0.4, -0.2) is 44.0 Å². The van der Waals surface area contributed by atoms with Gasteiger partial charge in [0, 0.05) is 37.8 Å². The Morgan fingerprint density at radius 2 is 1.82 bits per heavy atom. The van der Waals surface area contributed by atoms with E-state index in [0.717, 1.165) is 0 Å². The highest BCUT2D eigenvalue weighted by molar-refractivity contribution is 6.30. The van der Waals surface area contributed by atoms with Gasteiger partial charge in [0.1, 0.15) is 5.82 Å². The van der Waals surface area contributed by atoms with E-state index in [9.17, 15) is 14.0 Å². The van der Waals surface area contributed by atoms with Gasteiger partial charge in [-0.3, -0.25) is 4.79 Å². The van der Waals surface area contributed by atoms with E-state index < -0.39 is 11.2 Å². The lowest BCUT2D eigenvalue weighted by atomic mass is 9.83. The molecule has 0 aliphatic heterocycles. The molecule has 0 fully saturated rings. The predicted molar refractivity (Wildman–Crippen MR) is 84.5 cm³/mol. The molecule has 0 atom stereocenters. The normalized spacial score (nSPS) is 11.0. The Morgan fingerprint density at radius 1 is 1.23 bits per heavy atom. The summed E-state index contributed by atoms with van der Waals surface area (Å²) in [6.45, 7) is 3.82. The van der Waals surface area contributed by atoms with Crippen LogP contribution in [0.1, 0.15) is 19.4 Å². The van der Waals surface area contributed by atoms with Gasteiger partial charge in [-0.2, -0.15) is 0 Å². The molecule has 0 radical (unpaired) electrons. The van der Waals surface area contributed by atoms with Gasteiger partial charge in [-0.15, -0.1) is 0 Å². The molecule has 22 heavy (non-hydrogen) atoms. The zero-order valence-electron chi connectivity index (χ0n) is 13.2. The van der Waals surface area contributed by atoms with Crippen molar-refractivity contribution in [1.29, 1.82) is 0 Å². The molecule has 0 spiro atoms. The van der Waals surface area contributed by atoms with Gasteiger partial charge in [0.25, 0.3) is 0 Å². The Morgan fingerprint density at radius 3 is 2.36 bits per heavy atom. The summed E-state index contributed by atoms with van der Waals surface area (Å²) in [6.07, 6.45) is 0. The number of nitrogens with zero attached hydrogens (tertiary/aromatic N) is 1. The van der Waals surface area contributed by atoms with Gasteiger partial charge >= 0.3 is 6.03 Å². The number of carbonyl (C=O) groups is 2. The molecule has 2 N–H and O–H groups in total. The van der Waals surface area contributed by atoms with Gasteiger partial charge in [-0.1, -0.05) is 17.7 Å². The molecule has 1 aromatic rings. The minimum atomic E-state index is -1.04. The van der Waals surface area contributed by atoms with E-state index in [-0.39, 0.29) is 29.1 Å². The van der Waals surface area contributed by atoms with Crippen molar-refractivity contribution in [2.45, 2.75) is 19.3 Å². The second kappa shape index (κ2) is 7.45. The molecule has 0 aliphatic carbocycles. The molecule has 0 saturated carbocycles. The van der Waals surface area contributed by atoms with Crippen molar-refractivity contribution in [2.24, 2.45) is 0 Å². The largest absolute Gasteiger partial charge is 0.354 e. The highest BCUT2D eigenvalue weighted by Crippen LogP contribution is 2.27. The first-order valence-corrected chi connectivity index (χ1v) is 7.23. The average Bonchev–Trinajstić information content (AvgIpc) is 2.42. The molecule has 122 valence electrons. The molecule has 1 rings (SSSR count). The molecular weight excluding hydrogens is 309 g/mol. The molecule has 0 heterocycles. The summed E-state index contributed by atoms with van der Waals surface area (Å²) < 4.78 is 14.0. The highest BCUT2D eigenvalue weighted by atomic mass is 35.5. The van der Waals surface area contributed by atoms with Crippen LogP contribution in [0.5, 0.6) is 0 Å². The molecule has 0 unspecified atom stereocenters. The zero-order valence-corrected chi connectivity index (χ0v) is 13.9. The monoisotopic (exact) mass is 329 g/mol. The Balaban J connectivity index is 2.61. The van der Waals surface area contributed by atoms with E-state index in [1.807, 2.05) is 0 Å². The summed E-state index contributed by atoms with van der Waals surface area (Å²) in [6, 6.07) is 4.00. The summed E-state index contributed by atoms with van der Waals surface area (Å²) >= 11 is 5.72. The lowest BCUT2D eigenvalue weighted by Crippen LogP contribution is -2.45. The van der Waals surface area contributed by atoms with Crippen molar-refractivity contribution in [1.82, 2.24) is 15.5 Å². The first-order chi connectivity index (χ1) is 10.2. The van der Waals surface area contributed by atoms with Crippen molar-refractivity contribution in [3.05, 3.63) is 34.6 Å². The second-order valence-electron chi connectivity index (χ2n) is 5.63. The van der Waals surface area contributed by atoms with Crippen LogP contribution >= 0.6 is 11.6 Å². The topological polar surface area (TPSA) is 61.4 Å². The van der Waals surface area contributed by atoms with Gasteiger partial charge in [-0.05, 0) is 26.0 Å². The van der Waals surface area contributed by atoms with Crippen LogP contribution in [-0.2, 0) is 10.2 Å². The summed E-state index contributed by atoms with van der Waals surface area (Å²) in [5.74, 6) is -0.846. The van der Waals surface area contributed by atoms with Crippen LogP contribution in [0.15, 0.2) is 18.2 Å². The number of benzene rings is 1. The molecule has 0 bridgehead atoms. The zero-order chi connectivity index (χ0) is 16.9. The van der Waals surface area contributed by atoms with E-state index in [1.165, 1.54) is 17.0 Å². The number of rotatable bonds is 5. The van der Waals surface area contributed by atoms with E-state index in [2.05, 4.69) is 10.6 Å². The molecule has 3 amide bonds. The fraction of sp³-hybridized carbons (Fsp3) is 0.467. The summed E-state index contributed by atoms with van der Waals surface area (Å²) in [5, 5.41) is 5.60. The summed E-state index contributed by atoms with van der Waals surface area (Å²) in [5.41, 5.74) is -0.771. The Bertz CT molecular complexity index is 562. The molecule has 0 saturated heterocycles. The van der Waals surface area contributed by atoms with E-state index in [0.29, 0.717) is 6.54 Å². The van der Waals surface area contributed by atoms with Gasteiger partial charge < -0.3 is 15.5 Å². The van der Waals surface area contributed by atoms with Crippen LogP contribution in [0.2, 0.25) is 5.02 Å². The SMILES string of the molecule is CN(C)C(=O)NCCNC(=O)C(C)(C)c1ccc(Cl)cc1F. The third-order valence-corrected chi connectivity index (χ3v) is 3.50. The number of urea groups is 1. The maximum atomic E-state index is 14.0. The Kier molecular flexibility index (Phi) is 6.17. The quantitative estimate of drug-likeness (QED) is 0.813. The Labute approximate surface area is 134 Å². The van der Waals surface area contributed by atoms with E-state index in [4.69, 9.17) is 11.6 Å². The molecular formula is C15H21ClFN3O2. The van der Waals surface area contributed by atoms with Crippen molar-refractivity contribution in [3.8, 4) is 0 Å². The van der Waals surface area contributed by atoms with Gasteiger partial charge in [0.2, 0.25) is 5.91 Å². The highest BCUT2D eigenvalue weighted by Gasteiger charge is 2.32. The smallest absolute Gasteiger partial charge is 0.316 e. The van der Waals surface area contributed by atoms with Crippen molar-refractivity contribution >= 4 is 23.5 Å². The standard InChI is InChI=1S/C15H21ClFN3O2/c1-15(2,11-6-5-10(16)9-12(11)17)13(21)18-7-8-19-14(22)20(3)4/h5-6,9H,7-8H2,1-4H3,(H,18,21)(H,19,22). The molecule has 7 heteroatoms. The lowest BCUT2D eigenvalue weighted by Gasteiger charge is -2.25. The third kappa shape index (κ3) is 4.59. The van der Waals surface area contributed by atoms with Gasteiger partial charge in [0.05, 0.1) is 5.41 Å². The summed E-state index contributed by atoms with van der Waals surface area (Å²) in [4.78, 5) is 25.0. The fourth-order valence-electron chi connectivity index (χ4n) is 1.84. The number of halogens is 2. The number of hydrogen-bond acceptors (Lipinski definition) is 2. The first-order valence-electron chi connectivity index (χ1n) is 6.85. The van der Waals surface area contributed by atoms with Crippen LogP contribution in [0.4, 0.5) is 9.18 Å². The number of amides is 3. The third-order valence-electron chi connectivity index (χ3n) is 3.27. The van der Waals surface area contributed by atoms with Gasteiger partial charge in [-0.25, -0.2) is 9.18 Å². The minimum absolute atomic E-state index is 0.239. The molecule has 5 nitrogen and oxygen atoms in total. The molecule has 0 aliphatic rings. The van der Waals surface area contributed by atoms with Crippen molar-refractivity contribution in [3.63, 3.8) is 0 Å². The number of carbonyl (C=O) groups excluding carboxylic acids is 2. The molecule has 0 aromatic heterocycles. The second-order valence-corrected chi connectivity index (χ2v) is 6.07. The number of hydrogen-bond donors (Lipinski definition) is 2. The first kappa shape index (κ1) is 18.2. The van der Waals surface area contributed by atoms with Crippen LogP contribution in [0.25, 0.3) is 0 Å². The van der Waals surface area contributed by atoms with Crippen molar-refractivity contribution in [2.75, 3.05) is 27.2 Å².